The summed E-state index contributed by atoms with van der Waals surface area (Å²) in [6.45, 7) is 3.00. The zero-order chi connectivity index (χ0) is 8.32. The van der Waals surface area contributed by atoms with Crippen molar-refractivity contribution in [3.63, 3.8) is 0 Å². The van der Waals surface area contributed by atoms with Crippen molar-refractivity contribution in [1.82, 2.24) is 5.32 Å². The van der Waals surface area contributed by atoms with Gasteiger partial charge in [0.1, 0.15) is 0 Å². The standard InChI is InChI=1S/C9H19NO/c1-9(11)5-3-4-8(6-9)7-10-2/h8,10-11H,3-7H2,1-2H3. The van der Waals surface area contributed by atoms with Crippen LogP contribution in [0.2, 0.25) is 0 Å². The minimum atomic E-state index is -0.389. The van der Waals surface area contributed by atoms with E-state index < -0.39 is 0 Å². The topological polar surface area (TPSA) is 32.3 Å². The molecule has 0 amide bonds. The molecule has 1 aliphatic carbocycles. The van der Waals surface area contributed by atoms with Gasteiger partial charge in [-0.1, -0.05) is 6.42 Å². The molecule has 1 aliphatic rings. The van der Waals surface area contributed by atoms with Gasteiger partial charge in [-0.05, 0) is 45.7 Å². The molecule has 2 unspecified atom stereocenters. The lowest BCUT2D eigenvalue weighted by atomic mass is 9.79. The molecule has 0 radical (unpaired) electrons. The van der Waals surface area contributed by atoms with Crippen LogP contribution in [0.15, 0.2) is 0 Å². The van der Waals surface area contributed by atoms with Gasteiger partial charge in [-0.3, -0.25) is 0 Å². The molecule has 0 aromatic rings. The second-order valence-corrected chi connectivity index (χ2v) is 4.02. The Hall–Kier alpha value is -0.0800. The van der Waals surface area contributed by atoms with Gasteiger partial charge in [0, 0.05) is 0 Å². The van der Waals surface area contributed by atoms with E-state index in [2.05, 4.69) is 5.32 Å². The van der Waals surface area contributed by atoms with Crippen molar-refractivity contribution in [2.75, 3.05) is 13.6 Å². The van der Waals surface area contributed by atoms with Crippen LogP contribution in [0.5, 0.6) is 0 Å². The number of nitrogens with one attached hydrogen (secondary N) is 1. The zero-order valence-corrected chi connectivity index (χ0v) is 7.56. The Bertz CT molecular complexity index is 121. The van der Waals surface area contributed by atoms with Crippen molar-refractivity contribution < 1.29 is 5.11 Å². The third kappa shape index (κ3) is 2.80. The van der Waals surface area contributed by atoms with Gasteiger partial charge in [0.25, 0.3) is 0 Å². The van der Waals surface area contributed by atoms with Crippen molar-refractivity contribution >= 4 is 0 Å². The van der Waals surface area contributed by atoms with E-state index in [9.17, 15) is 5.11 Å². The number of rotatable bonds is 2. The predicted octanol–water partition coefficient (Wildman–Crippen LogP) is 1.15. The summed E-state index contributed by atoms with van der Waals surface area (Å²) < 4.78 is 0. The molecule has 0 aliphatic heterocycles. The molecule has 0 heterocycles. The van der Waals surface area contributed by atoms with E-state index in [4.69, 9.17) is 0 Å². The molecule has 0 aromatic carbocycles. The van der Waals surface area contributed by atoms with Gasteiger partial charge in [0.05, 0.1) is 5.60 Å². The van der Waals surface area contributed by atoms with E-state index in [0.717, 1.165) is 19.4 Å². The molecule has 1 saturated carbocycles. The highest BCUT2D eigenvalue weighted by Crippen LogP contribution is 2.31. The second kappa shape index (κ2) is 3.55. The summed E-state index contributed by atoms with van der Waals surface area (Å²) in [4.78, 5) is 0. The summed E-state index contributed by atoms with van der Waals surface area (Å²) in [5, 5.41) is 12.9. The summed E-state index contributed by atoms with van der Waals surface area (Å²) in [5.74, 6) is 0.684. The number of aliphatic hydroxyl groups is 1. The van der Waals surface area contributed by atoms with E-state index in [0.29, 0.717) is 5.92 Å². The normalized spacial score (nSPS) is 39.0. The van der Waals surface area contributed by atoms with E-state index in [1.165, 1.54) is 12.8 Å². The van der Waals surface area contributed by atoms with Gasteiger partial charge in [-0.25, -0.2) is 0 Å². The molecule has 2 nitrogen and oxygen atoms in total. The molecule has 2 atom stereocenters. The third-order valence-electron chi connectivity index (χ3n) is 2.55. The molecule has 66 valence electrons. The lowest BCUT2D eigenvalue weighted by Gasteiger charge is -2.33. The van der Waals surface area contributed by atoms with Gasteiger partial charge in [0.15, 0.2) is 0 Å². The van der Waals surface area contributed by atoms with Crippen molar-refractivity contribution in [2.45, 2.75) is 38.2 Å². The first kappa shape index (κ1) is 9.01. The van der Waals surface area contributed by atoms with Crippen molar-refractivity contribution in [3.05, 3.63) is 0 Å². The fourth-order valence-electron chi connectivity index (χ4n) is 2.06. The smallest absolute Gasteiger partial charge is 0.0622 e. The second-order valence-electron chi connectivity index (χ2n) is 4.02. The maximum absolute atomic E-state index is 9.74. The molecule has 0 spiro atoms. The fourth-order valence-corrected chi connectivity index (χ4v) is 2.06. The van der Waals surface area contributed by atoms with Gasteiger partial charge in [-0.15, -0.1) is 0 Å². The lowest BCUT2D eigenvalue weighted by Crippen LogP contribution is -2.35. The Morgan fingerprint density at radius 1 is 1.64 bits per heavy atom. The molecule has 0 saturated heterocycles. The van der Waals surface area contributed by atoms with Gasteiger partial charge in [0.2, 0.25) is 0 Å². The molecular weight excluding hydrogens is 138 g/mol. The Morgan fingerprint density at radius 2 is 2.36 bits per heavy atom. The fraction of sp³-hybridized carbons (Fsp3) is 1.00. The molecule has 2 N–H and O–H groups in total. The van der Waals surface area contributed by atoms with Crippen LogP contribution in [0.1, 0.15) is 32.6 Å². The van der Waals surface area contributed by atoms with E-state index in [-0.39, 0.29) is 5.60 Å². The minimum Gasteiger partial charge on any atom is -0.390 e. The van der Waals surface area contributed by atoms with Crippen LogP contribution in [-0.4, -0.2) is 24.3 Å². The maximum atomic E-state index is 9.74. The summed E-state index contributed by atoms with van der Waals surface area (Å²) >= 11 is 0. The van der Waals surface area contributed by atoms with Crippen LogP contribution in [0.25, 0.3) is 0 Å². The van der Waals surface area contributed by atoms with Crippen LogP contribution in [0, 0.1) is 5.92 Å². The average Bonchev–Trinajstić information content (AvgIpc) is 1.85. The highest BCUT2D eigenvalue weighted by Gasteiger charge is 2.28. The summed E-state index contributed by atoms with van der Waals surface area (Å²) in [6.07, 6.45) is 4.40. The SMILES string of the molecule is CNCC1CCCC(C)(O)C1. The van der Waals surface area contributed by atoms with Crippen LogP contribution in [0.4, 0.5) is 0 Å². The lowest BCUT2D eigenvalue weighted by molar-refractivity contribution is 0.00164. The molecule has 0 aromatic heterocycles. The Balaban J connectivity index is 2.34. The summed E-state index contributed by atoms with van der Waals surface area (Å²) in [5.41, 5.74) is -0.389. The third-order valence-corrected chi connectivity index (χ3v) is 2.55. The summed E-state index contributed by atoms with van der Waals surface area (Å²) in [6, 6.07) is 0. The van der Waals surface area contributed by atoms with Crippen LogP contribution >= 0.6 is 0 Å². The Labute approximate surface area is 69.0 Å². The number of hydrogen-bond acceptors (Lipinski definition) is 2. The highest BCUT2D eigenvalue weighted by molar-refractivity contribution is 4.82. The van der Waals surface area contributed by atoms with Crippen LogP contribution in [-0.2, 0) is 0 Å². The summed E-state index contributed by atoms with van der Waals surface area (Å²) in [7, 11) is 1.98. The van der Waals surface area contributed by atoms with Gasteiger partial charge < -0.3 is 10.4 Å². The van der Waals surface area contributed by atoms with Crippen molar-refractivity contribution in [3.8, 4) is 0 Å². The van der Waals surface area contributed by atoms with Crippen LogP contribution in [0.3, 0.4) is 0 Å². The monoisotopic (exact) mass is 157 g/mol. The molecule has 2 heteroatoms. The Kier molecular flexibility index (Phi) is 2.90. The van der Waals surface area contributed by atoms with Crippen LogP contribution < -0.4 is 5.32 Å². The number of hydrogen-bond donors (Lipinski definition) is 2. The molecular formula is C9H19NO. The first-order valence-corrected chi connectivity index (χ1v) is 4.51. The maximum Gasteiger partial charge on any atom is 0.0622 e. The highest BCUT2D eigenvalue weighted by atomic mass is 16.3. The van der Waals surface area contributed by atoms with Crippen molar-refractivity contribution in [2.24, 2.45) is 5.92 Å². The minimum absolute atomic E-state index is 0.389. The van der Waals surface area contributed by atoms with Crippen molar-refractivity contribution in [1.29, 1.82) is 0 Å². The molecule has 0 bridgehead atoms. The predicted molar refractivity (Wildman–Crippen MR) is 46.5 cm³/mol. The quantitative estimate of drug-likeness (QED) is 0.630. The van der Waals surface area contributed by atoms with Gasteiger partial charge >= 0.3 is 0 Å². The molecule has 1 rings (SSSR count). The molecule has 1 fully saturated rings. The molecule has 11 heavy (non-hydrogen) atoms. The largest absolute Gasteiger partial charge is 0.390 e. The first-order valence-electron chi connectivity index (χ1n) is 4.51. The van der Waals surface area contributed by atoms with E-state index >= 15 is 0 Å². The van der Waals surface area contributed by atoms with E-state index in [1.807, 2.05) is 14.0 Å². The van der Waals surface area contributed by atoms with E-state index in [1.54, 1.807) is 0 Å². The zero-order valence-electron chi connectivity index (χ0n) is 7.56. The Morgan fingerprint density at radius 3 is 2.91 bits per heavy atom. The van der Waals surface area contributed by atoms with Gasteiger partial charge in [-0.2, -0.15) is 0 Å². The average molecular weight is 157 g/mol. The first-order chi connectivity index (χ1) is 5.14.